The first-order valence-corrected chi connectivity index (χ1v) is 4.80. The number of nitrogens with zero attached hydrogens (tertiary/aromatic N) is 1. The Morgan fingerprint density at radius 3 is 2.44 bits per heavy atom. The van der Waals surface area contributed by atoms with Crippen LogP contribution in [-0.4, -0.2) is 6.09 Å². The van der Waals surface area contributed by atoms with Crippen molar-refractivity contribution >= 4 is 6.09 Å². The highest BCUT2D eigenvalue weighted by Gasteiger charge is 2.08. The van der Waals surface area contributed by atoms with Gasteiger partial charge in [0.25, 0.3) is 0 Å². The summed E-state index contributed by atoms with van der Waals surface area (Å²) in [5.74, 6) is 0. The van der Waals surface area contributed by atoms with E-state index in [0.717, 1.165) is 11.1 Å². The zero-order chi connectivity index (χ0) is 11.4. The molecule has 80 valence electrons. The second-order valence-corrected chi connectivity index (χ2v) is 3.23. The number of hydrogen-bond acceptors (Lipinski definition) is 2. The van der Waals surface area contributed by atoms with Crippen molar-refractivity contribution in [2.45, 2.75) is 0 Å². The van der Waals surface area contributed by atoms with Gasteiger partial charge in [-0.3, -0.25) is 0 Å². The number of amides is 1. The first-order valence-electron chi connectivity index (χ1n) is 4.80. The second kappa shape index (κ2) is 4.44. The van der Waals surface area contributed by atoms with Crippen molar-refractivity contribution in [3.63, 3.8) is 0 Å². The molecule has 1 aromatic heterocycles. The maximum atomic E-state index is 10.6. The average Bonchev–Trinajstić information content (AvgIpc) is 2.30. The summed E-state index contributed by atoms with van der Waals surface area (Å²) in [7, 11) is 0. The summed E-state index contributed by atoms with van der Waals surface area (Å²) in [6, 6.07) is 13.5. The van der Waals surface area contributed by atoms with E-state index in [9.17, 15) is 4.79 Å². The number of aromatic nitrogens is 1. The Morgan fingerprint density at radius 1 is 1.06 bits per heavy atom. The van der Waals surface area contributed by atoms with Crippen molar-refractivity contribution in [3.05, 3.63) is 54.9 Å². The minimum Gasteiger partial charge on any atom is -0.330 e. The normalized spacial score (nSPS) is 9.75. The number of hydrogen-bond donors (Lipinski definition) is 1. The van der Waals surface area contributed by atoms with Gasteiger partial charge in [0.15, 0.2) is 0 Å². The zero-order valence-corrected chi connectivity index (χ0v) is 8.54. The highest BCUT2D eigenvalue weighted by molar-refractivity contribution is 5.64. The van der Waals surface area contributed by atoms with Gasteiger partial charge in [0.05, 0.1) is 5.56 Å². The lowest BCUT2D eigenvalue weighted by molar-refractivity contribution is -0.867. The molecule has 2 rings (SSSR count). The standard InChI is InChI=1S/C12H10N2O2/c13-12(15)16-14-8-4-7-11(9-14)10-5-2-1-3-6-10/h1-9H,(H-,13,15)/p+1. The SMILES string of the molecule is NC(=O)O[n+]1cccc(-c2ccccc2)c1. The van der Waals surface area contributed by atoms with Gasteiger partial charge < -0.3 is 5.73 Å². The van der Waals surface area contributed by atoms with Crippen LogP contribution in [0.25, 0.3) is 11.1 Å². The lowest BCUT2D eigenvalue weighted by Crippen LogP contribution is -2.47. The molecule has 1 aromatic carbocycles. The second-order valence-electron chi connectivity index (χ2n) is 3.23. The molecule has 0 spiro atoms. The Bertz CT molecular complexity index is 497. The van der Waals surface area contributed by atoms with Crippen molar-refractivity contribution in [1.82, 2.24) is 0 Å². The summed E-state index contributed by atoms with van der Waals surface area (Å²) in [5.41, 5.74) is 6.93. The number of rotatable bonds is 2. The number of pyridine rings is 1. The first kappa shape index (κ1) is 10.2. The molecular weight excluding hydrogens is 204 g/mol. The van der Waals surface area contributed by atoms with Crippen molar-refractivity contribution in [1.29, 1.82) is 0 Å². The Morgan fingerprint density at radius 2 is 1.75 bits per heavy atom. The molecule has 0 aliphatic rings. The Hall–Kier alpha value is -2.36. The molecule has 16 heavy (non-hydrogen) atoms. The molecule has 0 aliphatic heterocycles. The van der Waals surface area contributed by atoms with Gasteiger partial charge >= 0.3 is 6.09 Å². The molecule has 0 atom stereocenters. The molecule has 0 bridgehead atoms. The van der Waals surface area contributed by atoms with Crippen molar-refractivity contribution in [2.24, 2.45) is 5.73 Å². The third-order valence-electron chi connectivity index (χ3n) is 2.08. The molecule has 0 fully saturated rings. The predicted molar refractivity (Wildman–Crippen MR) is 58.2 cm³/mol. The number of carbonyl (C=O) groups excluding carboxylic acids is 1. The van der Waals surface area contributed by atoms with E-state index in [-0.39, 0.29) is 0 Å². The number of benzene rings is 1. The highest BCUT2D eigenvalue weighted by Crippen LogP contribution is 2.15. The van der Waals surface area contributed by atoms with Gasteiger partial charge in [0.1, 0.15) is 0 Å². The molecule has 0 aliphatic carbocycles. The Labute approximate surface area is 92.9 Å². The van der Waals surface area contributed by atoms with Crippen LogP contribution in [0.2, 0.25) is 0 Å². The van der Waals surface area contributed by atoms with E-state index >= 15 is 0 Å². The Kier molecular flexibility index (Phi) is 2.82. The van der Waals surface area contributed by atoms with Gasteiger partial charge in [0, 0.05) is 10.8 Å². The van der Waals surface area contributed by atoms with E-state index in [4.69, 9.17) is 10.6 Å². The van der Waals surface area contributed by atoms with Gasteiger partial charge in [-0.15, -0.1) is 0 Å². The average molecular weight is 215 g/mol. The van der Waals surface area contributed by atoms with Crippen LogP contribution in [0.1, 0.15) is 0 Å². The fourth-order valence-corrected chi connectivity index (χ4v) is 1.42. The fourth-order valence-electron chi connectivity index (χ4n) is 1.42. The minimum atomic E-state index is -0.838. The van der Waals surface area contributed by atoms with E-state index in [1.807, 2.05) is 36.4 Å². The summed E-state index contributed by atoms with van der Waals surface area (Å²) >= 11 is 0. The third kappa shape index (κ3) is 2.36. The van der Waals surface area contributed by atoms with Crippen LogP contribution in [0.5, 0.6) is 0 Å². The van der Waals surface area contributed by atoms with Gasteiger partial charge in [-0.2, -0.15) is 4.84 Å². The van der Waals surface area contributed by atoms with Crippen LogP contribution in [0.15, 0.2) is 54.9 Å². The minimum absolute atomic E-state index is 0.838. The lowest BCUT2D eigenvalue weighted by Gasteiger charge is -1.98. The van der Waals surface area contributed by atoms with Crippen molar-refractivity contribution in [3.8, 4) is 11.1 Å². The van der Waals surface area contributed by atoms with Gasteiger partial charge in [0.2, 0.25) is 12.4 Å². The van der Waals surface area contributed by atoms with Gasteiger partial charge in [-0.05, 0) is 11.6 Å². The fraction of sp³-hybridized carbons (Fsp3) is 0. The quantitative estimate of drug-likeness (QED) is 0.764. The van der Waals surface area contributed by atoms with E-state index in [1.165, 1.54) is 4.73 Å². The molecule has 0 saturated carbocycles. The van der Waals surface area contributed by atoms with Crippen LogP contribution in [-0.2, 0) is 0 Å². The van der Waals surface area contributed by atoms with Crippen LogP contribution < -0.4 is 15.3 Å². The summed E-state index contributed by atoms with van der Waals surface area (Å²) in [5, 5.41) is 0. The molecule has 0 radical (unpaired) electrons. The number of nitrogens with two attached hydrogens (primary N) is 1. The van der Waals surface area contributed by atoms with Crippen molar-refractivity contribution in [2.75, 3.05) is 0 Å². The Balaban J connectivity index is 2.33. The lowest BCUT2D eigenvalue weighted by atomic mass is 10.1. The monoisotopic (exact) mass is 215 g/mol. The van der Waals surface area contributed by atoms with Crippen LogP contribution >= 0.6 is 0 Å². The summed E-state index contributed by atoms with van der Waals surface area (Å²) in [6.45, 7) is 0. The van der Waals surface area contributed by atoms with Gasteiger partial charge in [-0.1, -0.05) is 30.3 Å². The van der Waals surface area contributed by atoms with E-state index in [1.54, 1.807) is 18.5 Å². The molecule has 2 N–H and O–H groups in total. The molecule has 4 nitrogen and oxygen atoms in total. The highest BCUT2D eigenvalue weighted by atomic mass is 16.7. The number of primary amides is 1. The molecule has 0 unspecified atom stereocenters. The maximum absolute atomic E-state index is 10.6. The topological polar surface area (TPSA) is 56.2 Å². The first-order chi connectivity index (χ1) is 7.75. The maximum Gasteiger partial charge on any atom is 0.473 e. The van der Waals surface area contributed by atoms with Crippen LogP contribution in [0.3, 0.4) is 0 Å². The van der Waals surface area contributed by atoms with Crippen LogP contribution in [0.4, 0.5) is 4.79 Å². The van der Waals surface area contributed by atoms with E-state index in [2.05, 4.69) is 0 Å². The molecule has 1 amide bonds. The summed E-state index contributed by atoms with van der Waals surface area (Å²) in [4.78, 5) is 15.3. The third-order valence-corrected chi connectivity index (χ3v) is 2.08. The van der Waals surface area contributed by atoms with E-state index < -0.39 is 6.09 Å². The number of carbonyl (C=O) groups is 1. The molecule has 2 aromatic rings. The molecule has 0 saturated heterocycles. The largest absolute Gasteiger partial charge is 0.473 e. The smallest absolute Gasteiger partial charge is 0.330 e. The van der Waals surface area contributed by atoms with E-state index in [0.29, 0.717) is 0 Å². The molecule has 1 heterocycles. The zero-order valence-electron chi connectivity index (χ0n) is 8.54. The van der Waals surface area contributed by atoms with Crippen LogP contribution in [0, 0.1) is 0 Å². The summed E-state index contributed by atoms with van der Waals surface area (Å²) < 4.78 is 1.28. The molecular formula is C12H11N2O2+. The predicted octanol–water partition coefficient (Wildman–Crippen LogP) is 1.15. The molecule has 4 heteroatoms. The van der Waals surface area contributed by atoms with Crippen molar-refractivity contribution < 1.29 is 14.4 Å². The van der Waals surface area contributed by atoms with Gasteiger partial charge in [-0.25, -0.2) is 4.79 Å². The summed E-state index contributed by atoms with van der Waals surface area (Å²) in [6.07, 6.45) is 2.47.